The van der Waals surface area contributed by atoms with Crippen LogP contribution >= 0.6 is 11.6 Å². The molecular formula is C22H25ClN4O. The van der Waals surface area contributed by atoms with Gasteiger partial charge in [0.1, 0.15) is 5.65 Å². The molecule has 0 radical (unpaired) electrons. The highest BCUT2D eigenvalue weighted by Crippen LogP contribution is 2.27. The van der Waals surface area contributed by atoms with Crippen LogP contribution in [0.5, 0.6) is 0 Å². The van der Waals surface area contributed by atoms with Crippen molar-refractivity contribution in [3.63, 3.8) is 0 Å². The SMILES string of the molecule is Cc1ccc2nc(CN3CCN([C@@H](C)c4ccccc4Cl)CC3)cc(=O)n2c1. The van der Waals surface area contributed by atoms with E-state index in [-0.39, 0.29) is 5.56 Å². The molecule has 146 valence electrons. The lowest BCUT2D eigenvalue weighted by molar-refractivity contribution is 0.0971. The van der Waals surface area contributed by atoms with Gasteiger partial charge in [-0.2, -0.15) is 0 Å². The number of aromatic nitrogens is 2. The number of pyridine rings is 1. The van der Waals surface area contributed by atoms with Gasteiger partial charge >= 0.3 is 0 Å². The highest BCUT2D eigenvalue weighted by Gasteiger charge is 2.23. The zero-order chi connectivity index (χ0) is 19.7. The zero-order valence-electron chi connectivity index (χ0n) is 16.3. The first-order valence-corrected chi connectivity index (χ1v) is 10.1. The van der Waals surface area contributed by atoms with Crippen LogP contribution in [0.15, 0.2) is 53.5 Å². The molecule has 3 aromatic rings. The Labute approximate surface area is 170 Å². The summed E-state index contributed by atoms with van der Waals surface area (Å²) in [5.74, 6) is 0. The number of nitrogens with zero attached hydrogens (tertiary/aromatic N) is 4. The summed E-state index contributed by atoms with van der Waals surface area (Å²) in [6, 6.07) is 13.9. The molecule has 0 unspecified atom stereocenters. The number of hydrogen-bond donors (Lipinski definition) is 0. The van der Waals surface area contributed by atoms with Gasteiger partial charge in [0.2, 0.25) is 0 Å². The molecule has 1 fully saturated rings. The lowest BCUT2D eigenvalue weighted by Crippen LogP contribution is -2.46. The van der Waals surface area contributed by atoms with Gasteiger partial charge in [-0.3, -0.25) is 19.0 Å². The first-order chi connectivity index (χ1) is 13.5. The van der Waals surface area contributed by atoms with Crippen LogP contribution in [0, 0.1) is 6.92 Å². The van der Waals surface area contributed by atoms with E-state index in [4.69, 9.17) is 11.6 Å². The molecule has 0 bridgehead atoms. The van der Waals surface area contributed by atoms with Crippen LogP contribution in [0.2, 0.25) is 5.02 Å². The lowest BCUT2D eigenvalue weighted by atomic mass is 10.1. The van der Waals surface area contributed by atoms with Crippen molar-refractivity contribution in [1.82, 2.24) is 19.2 Å². The highest BCUT2D eigenvalue weighted by molar-refractivity contribution is 6.31. The third-order valence-corrected chi connectivity index (χ3v) is 5.90. The molecule has 6 heteroatoms. The van der Waals surface area contributed by atoms with Gasteiger partial charge in [-0.25, -0.2) is 4.98 Å². The van der Waals surface area contributed by atoms with Crippen molar-refractivity contribution in [2.45, 2.75) is 26.4 Å². The van der Waals surface area contributed by atoms with Gasteiger partial charge in [0.05, 0.1) is 5.69 Å². The summed E-state index contributed by atoms with van der Waals surface area (Å²) >= 11 is 6.37. The fourth-order valence-corrected chi connectivity index (χ4v) is 4.18. The summed E-state index contributed by atoms with van der Waals surface area (Å²) in [6.45, 7) is 8.73. The molecule has 1 atom stereocenters. The quantitative estimate of drug-likeness (QED) is 0.676. The second-order valence-corrected chi connectivity index (χ2v) is 7.94. The number of fused-ring (bicyclic) bond motifs is 1. The number of hydrogen-bond acceptors (Lipinski definition) is 4. The molecule has 0 saturated carbocycles. The molecule has 0 N–H and O–H groups in total. The maximum Gasteiger partial charge on any atom is 0.258 e. The molecule has 1 aliphatic rings. The first kappa shape index (κ1) is 19.1. The fourth-order valence-electron chi connectivity index (χ4n) is 3.89. The molecule has 0 spiro atoms. The van der Waals surface area contributed by atoms with Crippen molar-refractivity contribution >= 4 is 17.2 Å². The Morgan fingerprint density at radius 3 is 2.61 bits per heavy atom. The van der Waals surface area contributed by atoms with Gasteiger partial charge in [-0.1, -0.05) is 35.9 Å². The summed E-state index contributed by atoms with van der Waals surface area (Å²) in [7, 11) is 0. The van der Waals surface area contributed by atoms with E-state index in [0.29, 0.717) is 18.2 Å². The average molecular weight is 397 g/mol. The van der Waals surface area contributed by atoms with E-state index < -0.39 is 0 Å². The Hall–Kier alpha value is -2.21. The van der Waals surface area contributed by atoms with Crippen molar-refractivity contribution in [2.75, 3.05) is 26.2 Å². The molecule has 1 saturated heterocycles. The van der Waals surface area contributed by atoms with Crippen LogP contribution in [0.4, 0.5) is 0 Å². The molecule has 5 nitrogen and oxygen atoms in total. The van der Waals surface area contributed by atoms with Gasteiger partial charge in [-0.15, -0.1) is 0 Å². The summed E-state index contributed by atoms with van der Waals surface area (Å²) in [4.78, 5) is 21.9. The summed E-state index contributed by atoms with van der Waals surface area (Å²) < 4.78 is 1.61. The minimum absolute atomic E-state index is 0.0188. The van der Waals surface area contributed by atoms with E-state index in [1.807, 2.05) is 43.5 Å². The molecule has 0 aliphatic carbocycles. The fraction of sp³-hybridized carbons (Fsp3) is 0.364. The Morgan fingerprint density at radius 2 is 1.86 bits per heavy atom. The van der Waals surface area contributed by atoms with Crippen LogP contribution in [-0.2, 0) is 6.54 Å². The van der Waals surface area contributed by atoms with E-state index in [2.05, 4.69) is 27.8 Å². The van der Waals surface area contributed by atoms with E-state index in [1.165, 1.54) is 5.56 Å². The van der Waals surface area contributed by atoms with Crippen molar-refractivity contribution in [1.29, 1.82) is 0 Å². The van der Waals surface area contributed by atoms with Gasteiger partial charge in [0.15, 0.2) is 0 Å². The molecule has 1 aliphatic heterocycles. The van der Waals surface area contributed by atoms with E-state index in [1.54, 1.807) is 10.5 Å². The maximum absolute atomic E-state index is 12.4. The van der Waals surface area contributed by atoms with E-state index >= 15 is 0 Å². The second-order valence-electron chi connectivity index (χ2n) is 7.53. The lowest BCUT2D eigenvalue weighted by Gasteiger charge is -2.38. The van der Waals surface area contributed by atoms with E-state index in [9.17, 15) is 4.79 Å². The number of aryl methyl sites for hydroxylation is 1. The van der Waals surface area contributed by atoms with Crippen LogP contribution in [-0.4, -0.2) is 45.4 Å². The van der Waals surface area contributed by atoms with E-state index in [0.717, 1.165) is 42.5 Å². The van der Waals surface area contributed by atoms with Crippen LogP contribution in [0.25, 0.3) is 5.65 Å². The van der Waals surface area contributed by atoms with Crippen molar-refractivity contribution in [2.24, 2.45) is 0 Å². The van der Waals surface area contributed by atoms with Crippen molar-refractivity contribution < 1.29 is 0 Å². The van der Waals surface area contributed by atoms with Gasteiger partial charge < -0.3 is 0 Å². The number of halogens is 1. The Morgan fingerprint density at radius 1 is 1.11 bits per heavy atom. The normalized spacial score (nSPS) is 17.1. The molecule has 2 aromatic heterocycles. The molecule has 0 amide bonds. The molecule has 1 aromatic carbocycles. The third kappa shape index (κ3) is 3.97. The number of piperazine rings is 1. The Bertz CT molecular complexity index is 1040. The predicted octanol–water partition coefficient (Wildman–Crippen LogP) is 3.54. The molecule has 3 heterocycles. The van der Waals surface area contributed by atoms with Crippen molar-refractivity contribution in [3.05, 3.63) is 80.9 Å². The minimum atomic E-state index is -0.0188. The van der Waals surface area contributed by atoms with Gasteiger partial charge in [0.25, 0.3) is 5.56 Å². The van der Waals surface area contributed by atoms with Crippen LogP contribution in [0.3, 0.4) is 0 Å². The number of rotatable bonds is 4. The molecule has 4 rings (SSSR count). The minimum Gasteiger partial charge on any atom is -0.295 e. The van der Waals surface area contributed by atoms with Crippen LogP contribution < -0.4 is 5.56 Å². The van der Waals surface area contributed by atoms with Crippen LogP contribution in [0.1, 0.15) is 29.8 Å². The largest absolute Gasteiger partial charge is 0.295 e. The van der Waals surface area contributed by atoms with Gasteiger partial charge in [0, 0.05) is 56.1 Å². The predicted molar refractivity (Wildman–Crippen MR) is 113 cm³/mol. The standard InChI is InChI=1S/C22H25ClN4O/c1-16-7-8-21-24-18(13-22(28)27(21)14-16)15-25-9-11-26(12-10-25)17(2)19-5-3-4-6-20(19)23/h3-8,13-14,17H,9-12,15H2,1-2H3/t17-/m0/s1. The van der Waals surface area contributed by atoms with Gasteiger partial charge in [-0.05, 0) is 37.1 Å². The third-order valence-electron chi connectivity index (χ3n) is 5.56. The highest BCUT2D eigenvalue weighted by atomic mass is 35.5. The molecule has 28 heavy (non-hydrogen) atoms. The number of benzene rings is 1. The topological polar surface area (TPSA) is 40.9 Å². The summed E-state index contributed by atoms with van der Waals surface area (Å²) in [5.41, 5.74) is 3.75. The Kier molecular flexibility index (Phi) is 5.49. The Balaban J connectivity index is 1.42. The first-order valence-electron chi connectivity index (χ1n) is 9.71. The second kappa shape index (κ2) is 8.03. The monoisotopic (exact) mass is 396 g/mol. The summed E-state index contributed by atoms with van der Waals surface area (Å²) in [5, 5.41) is 0.827. The van der Waals surface area contributed by atoms with Crippen molar-refractivity contribution in [3.8, 4) is 0 Å². The summed E-state index contributed by atoms with van der Waals surface area (Å²) in [6.07, 6.45) is 1.84. The zero-order valence-corrected chi connectivity index (χ0v) is 17.1. The maximum atomic E-state index is 12.4. The molecular weight excluding hydrogens is 372 g/mol. The average Bonchev–Trinajstić information content (AvgIpc) is 2.69. The smallest absolute Gasteiger partial charge is 0.258 e.